The molecule has 0 saturated carbocycles. The summed E-state index contributed by atoms with van der Waals surface area (Å²) >= 11 is 6.04. The summed E-state index contributed by atoms with van der Waals surface area (Å²) in [5, 5.41) is 10.7. The van der Waals surface area contributed by atoms with Crippen molar-refractivity contribution in [3.63, 3.8) is 0 Å². The lowest BCUT2D eigenvalue weighted by molar-refractivity contribution is -0.138. The number of methoxy groups -OCH3 is 1. The Balaban J connectivity index is 1.64. The number of carbonyl (C=O) groups excluding carboxylic acids is 1. The summed E-state index contributed by atoms with van der Waals surface area (Å²) in [4.78, 5) is 31.7. The van der Waals surface area contributed by atoms with Crippen molar-refractivity contribution < 1.29 is 24.2 Å². The first kappa shape index (κ1) is 24.6. The standard InChI is InChI=1S/C27H30ClN3O5/c1-16-5-10-20-22(30(16)27(34)35-2)11-12-23-25(20)29-24(31(23)19-4-3-13-36-15-19)14-21(26(32)33)17-6-8-18(28)9-7-17/h6-9,11-12,16,19,21H,3-5,10,13-15H2,1-2H3,(H,32,33). The highest BCUT2D eigenvalue weighted by molar-refractivity contribution is 6.30. The molecule has 0 bridgehead atoms. The van der Waals surface area contributed by atoms with Crippen molar-refractivity contribution in [2.45, 2.75) is 57.0 Å². The Kier molecular flexibility index (Phi) is 6.90. The monoisotopic (exact) mass is 511 g/mol. The number of ether oxygens (including phenoxy) is 2. The Hall–Kier alpha value is -3.10. The summed E-state index contributed by atoms with van der Waals surface area (Å²) in [7, 11) is 1.39. The highest BCUT2D eigenvalue weighted by Gasteiger charge is 2.33. The second-order valence-electron chi connectivity index (χ2n) is 9.57. The molecule has 1 amide bonds. The Bertz CT molecular complexity index is 1280. The number of aromatic nitrogens is 2. The number of carbonyl (C=O) groups is 2. The number of halogens is 1. The van der Waals surface area contributed by atoms with E-state index in [9.17, 15) is 14.7 Å². The third-order valence-electron chi connectivity index (χ3n) is 7.36. The van der Waals surface area contributed by atoms with Gasteiger partial charge in [0, 0.05) is 29.7 Å². The maximum Gasteiger partial charge on any atom is 0.414 e. The van der Waals surface area contributed by atoms with Crippen LogP contribution in [0.3, 0.4) is 0 Å². The first-order valence-corrected chi connectivity index (χ1v) is 12.7. The predicted octanol–water partition coefficient (Wildman–Crippen LogP) is 5.36. The maximum absolute atomic E-state index is 12.6. The fourth-order valence-corrected chi connectivity index (χ4v) is 5.65. The first-order valence-electron chi connectivity index (χ1n) is 12.3. The van der Waals surface area contributed by atoms with Crippen molar-refractivity contribution in [1.82, 2.24) is 9.55 Å². The second kappa shape index (κ2) is 10.1. The van der Waals surface area contributed by atoms with Gasteiger partial charge >= 0.3 is 12.1 Å². The molecule has 3 aromatic rings. The third kappa shape index (κ3) is 4.44. The van der Waals surface area contributed by atoms with Gasteiger partial charge in [-0.2, -0.15) is 0 Å². The SMILES string of the molecule is COC(=O)N1c2ccc3c(nc(CC(C(=O)O)c4ccc(Cl)cc4)n3C3CCCOC3)c2CCC1C. The number of anilines is 1. The summed E-state index contributed by atoms with van der Waals surface area (Å²) < 4.78 is 13.0. The lowest BCUT2D eigenvalue weighted by Crippen LogP contribution is -2.42. The molecule has 1 fully saturated rings. The average Bonchev–Trinajstić information content (AvgIpc) is 3.26. The van der Waals surface area contributed by atoms with Gasteiger partial charge < -0.3 is 19.1 Å². The number of hydrogen-bond donors (Lipinski definition) is 1. The van der Waals surface area contributed by atoms with Gasteiger partial charge in [-0.1, -0.05) is 23.7 Å². The highest BCUT2D eigenvalue weighted by atomic mass is 35.5. The first-order chi connectivity index (χ1) is 17.4. The van der Waals surface area contributed by atoms with Gasteiger partial charge in [-0.25, -0.2) is 9.78 Å². The third-order valence-corrected chi connectivity index (χ3v) is 7.61. The van der Waals surface area contributed by atoms with Crippen LogP contribution in [0.4, 0.5) is 10.5 Å². The molecule has 3 heterocycles. The maximum atomic E-state index is 12.6. The number of nitrogens with zero attached hydrogens (tertiary/aromatic N) is 3. The lowest BCUT2D eigenvalue weighted by Gasteiger charge is -2.34. The summed E-state index contributed by atoms with van der Waals surface area (Å²) in [6.45, 7) is 3.29. The molecule has 3 unspecified atom stereocenters. The zero-order valence-corrected chi connectivity index (χ0v) is 21.2. The topological polar surface area (TPSA) is 93.9 Å². The van der Waals surface area contributed by atoms with Crippen LogP contribution >= 0.6 is 11.6 Å². The second-order valence-corrected chi connectivity index (χ2v) is 10.0. The van der Waals surface area contributed by atoms with E-state index < -0.39 is 18.0 Å². The molecule has 3 atom stereocenters. The van der Waals surface area contributed by atoms with Crippen molar-refractivity contribution in [1.29, 1.82) is 0 Å². The molecule has 2 aliphatic heterocycles. The molecule has 2 aliphatic rings. The number of aryl methyl sites for hydroxylation is 1. The van der Waals surface area contributed by atoms with Crippen LogP contribution in [0.25, 0.3) is 11.0 Å². The van der Waals surface area contributed by atoms with Crippen molar-refractivity contribution in [2.24, 2.45) is 0 Å². The van der Waals surface area contributed by atoms with Crippen LogP contribution in [-0.4, -0.2) is 53.1 Å². The van der Waals surface area contributed by atoms with Crippen LogP contribution in [-0.2, 0) is 27.1 Å². The zero-order chi connectivity index (χ0) is 25.4. The molecule has 190 valence electrons. The molecule has 36 heavy (non-hydrogen) atoms. The largest absolute Gasteiger partial charge is 0.481 e. The number of rotatable bonds is 5. The van der Waals surface area contributed by atoms with Crippen molar-refractivity contribution in [2.75, 3.05) is 25.2 Å². The summed E-state index contributed by atoms with van der Waals surface area (Å²) in [5.41, 5.74) is 4.23. The zero-order valence-electron chi connectivity index (χ0n) is 20.4. The van der Waals surface area contributed by atoms with Gasteiger partial charge in [0.05, 0.1) is 42.4 Å². The Morgan fingerprint density at radius 1 is 1.22 bits per heavy atom. The fraction of sp³-hybridized carbons (Fsp3) is 0.444. The minimum Gasteiger partial charge on any atom is -0.481 e. The van der Waals surface area contributed by atoms with E-state index in [1.54, 1.807) is 29.2 Å². The smallest absolute Gasteiger partial charge is 0.414 e. The molecule has 5 rings (SSSR count). The van der Waals surface area contributed by atoms with Gasteiger partial charge in [-0.15, -0.1) is 0 Å². The number of fused-ring (bicyclic) bond motifs is 3. The Labute approximate surface area is 214 Å². The molecule has 9 heteroatoms. The van der Waals surface area contributed by atoms with E-state index in [2.05, 4.69) is 4.57 Å². The molecule has 1 aromatic heterocycles. The van der Waals surface area contributed by atoms with Gasteiger partial charge in [-0.05, 0) is 62.4 Å². The molecule has 2 aromatic carbocycles. The number of hydrogen-bond acceptors (Lipinski definition) is 5. The number of amides is 1. The number of aliphatic carboxylic acids is 1. The van der Waals surface area contributed by atoms with E-state index in [0.717, 1.165) is 54.6 Å². The molecular formula is C27H30ClN3O5. The van der Waals surface area contributed by atoms with Crippen LogP contribution in [0.15, 0.2) is 36.4 Å². The average molecular weight is 512 g/mol. The predicted molar refractivity (Wildman–Crippen MR) is 137 cm³/mol. The van der Waals surface area contributed by atoms with Gasteiger partial charge in [0.15, 0.2) is 0 Å². The van der Waals surface area contributed by atoms with Crippen molar-refractivity contribution in [3.05, 3.63) is 58.4 Å². The van der Waals surface area contributed by atoms with Gasteiger partial charge in [0.25, 0.3) is 0 Å². The van der Waals surface area contributed by atoms with E-state index in [0.29, 0.717) is 23.0 Å². The Morgan fingerprint density at radius 3 is 2.67 bits per heavy atom. The number of imidazole rings is 1. The van der Waals surface area contributed by atoms with Gasteiger partial charge in [-0.3, -0.25) is 9.69 Å². The molecule has 0 spiro atoms. The number of benzene rings is 2. The number of carboxylic acids is 1. The molecule has 1 saturated heterocycles. The van der Waals surface area contributed by atoms with Crippen LogP contribution < -0.4 is 4.90 Å². The van der Waals surface area contributed by atoms with Crippen molar-refractivity contribution >= 4 is 40.4 Å². The fourth-order valence-electron chi connectivity index (χ4n) is 5.53. The molecule has 0 aliphatic carbocycles. The summed E-state index contributed by atoms with van der Waals surface area (Å²) in [5.74, 6) is -0.979. The van der Waals surface area contributed by atoms with Gasteiger partial charge in [0.2, 0.25) is 0 Å². The van der Waals surface area contributed by atoms with E-state index in [1.165, 1.54) is 7.11 Å². The highest BCUT2D eigenvalue weighted by Crippen LogP contribution is 2.39. The number of carboxylic acid groups (broad SMARTS) is 1. The van der Waals surface area contributed by atoms with E-state index in [-0.39, 0.29) is 18.5 Å². The van der Waals surface area contributed by atoms with Gasteiger partial charge in [0.1, 0.15) is 5.82 Å². The van der Waals surface area contributed by atoms with Crippen LogP contribution in [0.1, 0.15) is 55.1 Å². The molecular weight excluding hydrogens is 482 g/mol. The summed E-state index contributed by atoms with van der Waals surface area (Å²) in [6.07, 6.45) is 3.27. The quantitative estimate of drug-likeness (QED) is 0.495. The molecule has 8 nitrogen and oxygen atoms in total. The molecule has 0 radical (unpaired) electrons. The summed E-state index contributed by atoms with van der Waals surface area (Å²) in [6, 6.07) is 11.0. The van der Waals surface area contributed by atoms with E-state index in [4.69, 9.17) is 26.1 Å². The van der Waals surface area contributed by atoms with Crippen LogP contribution in [0, 0.1) is 0 Å². The Morgan fingerprint density at radius 2 is 2.00 bits per heavy atom. The van der Waals surface area contributed by atoms with Crippen molar-refractivity contribution in [3.8, 4) is 0 Å². The van der Waals surface area contributed by atoms with E-state index >= 15 is 0 Å². The minimum atomic E-state index is -0.913. The minimum absolute atomic E-state index is 0.0111. The normalized spacial score (nSPS) is 20.7. The van der Waals surface area contributed by atoms with Crippen LogP contribution in [0.2, 0.25) is 5.02 Å². The lowest BCUT2D eigenvalue weighted by atomic mass is 9.95. The molecule has 1 N–H and O–H groups in total. The van der Waals surface area contributed by atoms with Crippen LogP contribution in [0.5, 0.6) is 0 Å². The van der Waals surface area contributed by atoms with E-state index in [1.807, 2.05) is 19.1 Å².